The summed E-state index contributed by atoms with van der Waals surface area (Å²) in [6.07, 6.45) is 0.297. The third-order valence-corrected chi connectivity index (χ3v) is 3.45. The first kappa shape index (κ1) is 14.6. The van der Waals surface area contributed by atoms with E-state index >= 15 is 0 Å². The van der Waals surface area contributed by atoms with Gasteiger partial charge in [-0.05, 0) is 42.8 Å². The number of rotatable bonds is 6. The molecule has 2 rings (SSSR count). The highest BCUT2D eigenvalue weighted by Crippen LogP contribution is 2.28. The summed E-state index contributed by atoms with van der Waals surface area (Å²) in [6, 6.07) is 17.1. The van der Waals surface area contributed by atoms with Crippen LogP contribution in [0.1, 0.15) is 25.0 Å². The number of hydrogen-bond donors (Lipinski definition) is 2. The molecule has 0 saturated heterocycles. The van der Waals surface area contributed by atoms with Gasteiger partial charge in [-0.15, -0.1) is 0 Å². The molecule has 106 valence electrons. The zero-order valence-corrected chi connectivity index (χ0v) is 11.7. The first-order valence-electron chi connectivity index (χ1n) is 6.95. The standard InChI is InChI=1S/C17H21NO2/c1-2-13(12-18)17(19)14-7-6-10-16(11-14)20-15-8-4-3-5-9-15/h3-11,13,17,19H,2,12,18H2,1H3. The predicted octanol–water partition coefficient (Wildman–Crippen LogP) is 3.50. The zero-order chi connectivity index (χ0) is 14.4. The minimum Gasteiger partial charge on any atom is -0.457 e. The van der Waals surface area contributed by atoms with E-state index in [0.29, 0.717) is 6.54 Å². The maximum absolute atomic E-state index is 10.3. The minimum atomic E-state index is -0.552. The number of aliphatic hydroxyl groups is 1. The molecule has 3 heteroatoms. The molecule has 3 N–H and O–H groups in total. The minimum absolute atomic E-state index is 0.0713. The van der Waals surface area contributed by atoms with Gasteiger partial charge < -0.3 is 15.6 Å². The highest BCUT2D eigenvalue weighted by Gasteiger charge is 2.18. The Hall–Kier alpha value is -1.84. The van der Waals surface area contributed by atoms with Gasteiger partial charge in [0, 0.05) is 5.92 Å². The van der Waals surface area contributed by atoms with Gasteiger partial charge in [0.15, 0.2) is 0 Å². The van der Waals surface area contributed by atoms with Crippen molar-refractivity contribution in [2.45, 2.75) is 19.4 Å². The summed E-state index contributed by atoms with van der Waals surface area (Å²) in [4.78, 5) is 0. The van der Waals surface area contributed by atoms with Crippen LogP contribution in [0.25, 0.3) is 0 Å². The van der Waals surface area contributed by atoms with E-state index in [1.165, 1.54) is 0 Å². The molecule has 2 unspecified atom stereocenters. The summed E-state index contributed by atoms with van der Waals surface area (Å²) >= 11 is 0. The maximum atomic E-state index is 10.3. The fourth-order valence-electron chi connectivity index (χ4n) is 2.18. The summed E-state index contributed by atoms with van der Waals surface area (Å²) in [5, 5.41) is 10.3. The summed E-state index contributed by atoms with van der Waals surface area (Å²) < 4.78 is 5.77. The van der Waals surface area contributed by atoms with Crippen LogP contribution < -0.4 is 10.5 Å². The number of aliphatic hydroxyl groups excluding tert-OH is 1. The van der Waals surface area contributed by atoms with Crippen LogP contribution in [0.5, 0.6) is 11.5 Å². The lowest BCUT2D eigenvalue weighted by Gasteiger charge is -2.20. The third-order valence-electron chi connectivity index (χ3n) is 3.45. The second-order valence-electron chi connectivity index (χ2n) is 4.84. The monoisotopic (exact) mass is 271 g/mol. The summed E-state index contributed by atoms with van der Waals surface area (Å²) in [5.74, 6) is 1.58. The molecular formula is C17H21NO2. The lowest BCUT2D eigenvalue weighted by molar-refractivity contribution is 0.110. The third kappa shape index (κ3) is 3.59. The molecule has 0 amide bonds. The zero-order valence-electron chi connectivity index (χ0n) is 11.7. The highest BCUT2D eigenvalue weighted by atomic mass is 16.5. The van der Waals surface area contributed by atoms with Crippen molar-refractivity contribution in [3.63, 3.8) is 0 Å². The average Bonchev–Trinajstić information content (AvgIpc) is 2.49. The molecular weight excluding hydrogens is 250 g/mol. The fourth-order valence-corrected chi connectivity index (χ4v) is 2.18. The number of hydrogen-bond acceptors (Lipinski definition) is 3. The quantitative estimate of drug-likeness (QED) is 0.845. The van der Waals surface area contributed by atoms with Crippen LogP contribution in [0.4, 0.5) is 0 Å². The molecule has 20 heavy (non-hydrogen) atoms. The second kappa shape index (κ2) is 7.08. The first-order valence-corrected chi connectivity index (χ1v) is 6.95. The van der Waals surface area contributed by atoms with Crippen LogP contribution in [0.3, 0.4) is 0 Å². The van der Waals surface area contributed by atoms with E-state index in [4.69, 9.17) is 10.5 Å². The van der Waals surface area contributed by atoms with Gasteiger partial charge >= 0.3 is 0 Å². The first-order chi connectivity index (χ1) is 9.74. The Morgan fingerprint density at radius 1 is 1.05 bits per heavy atom. The average molecular weight is 271 g/mol. The van der Waals surface area contributed by atoms with Crippen molar-refractivity contribution in [2.24, 2.45) is 11.7 Å². The van der Waals surface area contributed by atoms with Crippen molar-refractivity contribution in [1.82, 2.24) is 0 Å². The summed E-state index contributed by atoms with van der Waals surface area (Å²) in [7, 11) is 0. The van der Waals surface area contributed by atoms with Crippen LogP contribution in [0.2, 0.25) is 0 Å². The van der Waals surface area contributed by atoms with Crippen molar-refractivity contribution in [1.29, 1.82) is 0 Å². The normalized spacial score (nSPS) is 13.8. The van der Waals surface area contributed by atoms with E-state index < -0.39 is 6.10 Å². The van der Waals surface area contributed by atoms with Crippen molar-refractivity contribution in [2.75, 3.05) is 6.54 Å². The Morgan fingerprint density at radius 3 is 2.40 bits per heavy atom. The Morgan fingerprint density at radius 2 is 1.75 bits per heavy atom. The fraction of sp³-hybridized carbons (Fsp3) is 0.294. The Balaban J connectivity index is 2.15. The van der Waals surface area contributed by atoms with Gasteiger partial charge in [0.05, 0.1) is 6.10 Å². The van der Waals surface area contributed by atoms with E-state index in [9.17, 15) is 5.11 Å². The lowest BCUT2D eigenvalue weighted by atomic mass is 9.93. The SMILES string of the molecule is CCC(CN)C(O)c1cccc(Oc2ccccc2)c1. The smallest absolute Gasteiger partial charge is 0.127 e. The largest absolute Gasteiger partial charge is 0.457 e. The van der Waals surface area contributed by atoms with Crippen molar-refractivity contribution in [3.8, 4) is 11.5 Å². The van der Waals surface area contributed by atoms with Gasteiger partial charge in [0.1, 0.15) is 11.5 Å². The maximum Gasteiger partial charge on any atom is 0.127 e. The molecule has 0 spiro atoms. The van der Waals surface area contributed by atoms with Crippen LogP contribution in [-0.4, -0.2) is 11.7 Å². The molecule has 0 saturated carbocycles. The van der Waals surface area contributed by atoms with Gasteiger partial charge in [0.2, 0.25) is 0 Å². The molecule has 0 aliphatic carbocycles. The molecule has 0 bridgehead atoms. The number of nitrogens with two attached hydrogens (primary N) is 1. The second-order valence-corrected chi connectivity index (χ2v) is 4.84. The Labute approximate surface area is 120 Å². The van der Waals surface area contributed by atoms with E-state index in [-0.39, 0.29) is 5.92 Å². The number of para-hydroxylation sites is 1. The summed E-state index contributed by atoms with van der Waals surface area (Å²) in [5.41, 5.74) is 6.54. The van der Waals surface area contributed by atoms with E-state index in [0.717, 1.165) is 23.5 Å². The van der Waals surface area contributed by atoms with Crippen LogP contribution in [0.15, 0.2) is 54.6 Å². The molecule has 0 heterocycles. The summed E-state index contributed by atoms with van der Waals surface area (Å²) in [6.45, 7) is 2.51. The van der Waals surface area contributed by atoms with Crippen LogP contribution >= 0.6 is 0 Å². The van der Waals surface area contributed by atoms with Gasteiger partial charge in [0.25, 0.3) is 0 Å². The van der Waals surface area contributed by atoms with Crippen LogP contribution in [-0.2, 0) is 0 Å². The predicted molar refractivity (Wildman–Crippen MR) is 80.8 cm³/mol. The van der Waals surface area contributed by atoms with Gasteiger partial charge in [-0.25, -0.2) is 0 Å². The van der Waals surface area contributed by atoms with E-state index in [1.54, 1.807) is 0 Å². The molecule has 2 atom stereocenters. The van der Waals surface area contributed by atoms with Crippen LogP contribution in [0, 0.1) is 5.92 Å². The Bertz CT molecular complexity index is 524. The molecule has 0 fully saturated rings. The molecule has 0 aliphatic heterocycles. The molecule has 0 radical (unpaired) electrons. The molecule has 3 nitrogen and oxygen atoms in total. The number of ether oxygens (including phenoxy) is 1. The van der Waals surface area contributed by atoms with Gasteiger partial charge in [-0.2, -0.15) is 0 Å². The van der Waals surface area contributed by atoms with E-state index in [1.807, 2.05) is 61.5 Å². The topological polar surface area (TPSA) is 55.5 Å². The van der Waals surface area contributed by atoms with Gasteiger partial charge in [-0.3, -0.25) is 0 Å². The molecule has 0 aromatic heterocycles. The lowest BCUT2D eigenvalue weighted by Crippen LogP contribution is -2.21. The van der Waals surface area contributed by atoms with Crippen molar-refractivity contribution in [3.05, 3.63) is 60.2 Å². The molecule has 2 aromatic carbocycles. The van der Waals surface area contributed by atoms with Crippen molar-refractivity contribution >= 4 is 0 Å². The van der Waals surface area contributed by atoms with Gasteiger partial charge in [-0.1, -0.05) is 37.3 Å². The van der Waals surface area contributed by atoms with Crippen molar-refractivity contribution < 1.29 is 9.84 Å². The van der Waals surface area contributed by atoms with E-state index in [2.05, 4.69) is 0 Å². The molecule has 0 aliphatic rings. The molecule has 2 aromatic rings. The Kier molecular flexibility index (Phi) is 5.16. The number of benzene rings is 2. The highest BCUT2D eigenvalue weighted by molar-refractivity contribution is 5.34.